The van der Waals surface area contributed by atoms with Crippen LogP contribution in [0.4, 0.5) is 11.4 Å². The van der Waals surface area contributed by atoms with Crippen LogP contribution in [0, 0.1) is 0 Å². The Kier molecular flexibility index (Phi) is 5.53. The van der Waals surface area contributed by atoms with Gasteiger partial charge in [-0.05, 0) is 54.1 Å². The first-order valence-corrected chi connectivity index (χ1v) is 9.72. The van der Waals surface area contributed by atoms with Gasteiger partial charge in [-0.15, -0.1) is 11.8 Å². The van der Waals surface area contributed by atoms with Crippen molar-refractivity contribution in [1.82, 2.24) is 0 Å². The molecular formula is C19H16N2O2S2. The SMILES string of the molecule is CSc1ccc(NC(=O)c2ccccc2NC(=O)c2ccsc2)cc1. The lowest BCUT2D eigenvalue weighted by Gasteiger charge is -2.11. The summed E-state index contributed by atoms with van der Waals surface area (Å²) >= 11 is 3.09. The smallest absolute Gasteiger partial charge is 0.257 e. The summed E-state index contributed by atoms with van der Waals surface area (Å²) in [6.07, 6.45) is 2.00. The Morgan fingerprint density at radius 2 is 1.68 bits per heavy atom. The van der Waals surface area contributed by atoms with Crippen molar-refractivity contribution in [2.24, 2.45) is 0 Å². The minimum absolute atomic E-state index is 0.231. The number of hydrogen-bond acceptors (Lipinski definition) is 4. The van der Waals surface area contributed by atoms with Gasteiger partial charge in [0.2, 0.25) is 0 Å². The van der Waals surface area contributed by atoms with Gasteiger partial charge in [0.15, 0.2) is 0 Å². The average Bonchev–Trinajstić information content (AvgIpc) is 3.17. The Bertz CT molecular complexity index is 875. The lowest BCUT2D eigenvalue weighted by Crippen LogP contribution is -2.17. The van der Waals surface area contributed by atoms with E-state index in [1.807, 2.05) is 35.9 Å². The topological polar surface area (TPSA) is 58.2 Å². The summed E-state index contributed by atoms with van der Waals surface area (Å²) in [5, 5.41) is 9.27. The van der Waals surface area contributed by atoms with Crippen LogP contribution in [0.1, 0.15) is 20.7 Å². The van der Waals surface area contributed by atoms with Gasteiger partial charge in [0.05, 0.1) is 16.8 Å². The van der Waals surface area contributed by atoms with E-state index in [1.165, 1.54) is 11.3 Å². The number of hydrogen-bond donors (Lipinski definition) is 2. The average molecular weight is 368 g/mol. The molecule has 0 aliphatic heterocycles. The minimum atomic E-state index is -0.266. The number of thioether (sulfide) groups is 1. The zero-order chi connectivity index (χ0) is 17.6. The molecule has 2 N–H and O–H groups in total. The second-order valence-electron chi connectivity index (χ2n) is 5.19. The molecule has 0 aliphatic rings. The molecule has 6 heteroatoms. The second kappa shape index (κ2) is 8.00. The van der Waals surface area contributed by atoms with Crippen LogP contribution in [0.3, 0.4) is 0 Å². The summed E-state index contributed by atoms with van der Waals surface area (Å²) in [4.78, 5) is 26.0. The number of para-hydroxylation sites is 1. The Hall–Kier alpha value is -2.57. The summed E-state index contributed by atoms with van der Waals surface area (Å²) in [6.45, 7) is 0. The van der Waals surface area contributed by atoms with Crippen LogP contribution in [0.25, 0.3) is 0 Å². The quantitative estimate of drug-likeness (QED) is 0.625. The highest BCUT2D eigenvalue weighted by molar-refractivity contribution is 7.98. The lowest BCUT2D eigenvalue weighted by molar-refractivity contribution is 0.102. The fourth-order valence-corrected chi connectivity index (χ4v) is 3.30. The van der Waals surface area contributed by atoms with Gasteiger partial charge in [-0.2, -0.15) is 11.3 Å². The highest BCUT2D eigenvalue weighted by atomic mass is 32.2. The first-order chi connectivity index (χ1) is 12.2. The van der Waals surface area contributed by atoms with E-state index in [0.29, 0.717) is 22.5 Å². The van der Waals surface area contributed by atoms with E-state index in [9.17, 15) is 9.59 Å². The summed E-state index contributed by atoms with van der Waals surface area (Å²) < 4.78 is 0. The van der Waals surface area contributed by atoms with Crippen molar-refractivity contribution < 1.29 is 9.59 Å². The molecule has 0 unspecified atom stereocenters. The van der Waals surface area contributed by atoms with Gasteiger partial charge in [-0.25, -0.2) is 0 Å². The van der Waals surface area contributed by atoms with Gasteiger partial charge in [0.25, 0.3) is 11.8 Å². The highest BCUT2D eigenvalue weighted by Crippen LogP contribution is 2.21. The number of thiophene rings is 1. The van der Waals surface area contributed by atoms with Gasteiger partial charge in [-0.1, -0.05) is 12.1 Å². The van der Waals surface area contributed by atoms with Gasteiger partial charge in [0.1, 0.15) is 0 Å². The fraction of sp³-hybridized carbons (Fsp3) is 0.0526. The zero-order valence-corrected chi connectivity index (χ0v) is 15.1. The van der Waals surface area contributed by atoms with Crippen LogP contribution in [-0.2, 0) is 0 Å². The van der Waals surface area contributed by atoms with Crippen molar-refractivity contribution in [2.75, 3.05) is 16.9 Å². The number of benzene rings is 2. The monoisotopic (exact) mass is 368 g/mol. The molecule has 1 aromatic heterocycles. The molecule has 4 nitrogen and oxygen atoms in total. The molecule has 0 spiro atoms. The Morgan fingerprint density at radius 1 is 0.920 bits per heavy atom. The molecule has 25 heavy (non-hydrogen) atoms. The predicted molar refractivity (Wildman–Crippen MR) is 105 cm³/mol. The molecule has 126 valence electrons. The normalized spacial score (nSPS) is 10.3. The Morgan fingerprint density at radius 3 is 2.36 bits per heavy atom. The van der Waals surface area contributed by atoms with E-state index in [2.05, 4.69) is 10.6 Å². The fourth-order valence-electron chi connectivity index (χ4n) is 2.25. The van der Waals surface area contributed by atoms with Crippen LogP contribution < -0.4 is 10.6 Å². The van der Waals surface area contributed by atoms with Crippen LogP contribution in [0.5, 0.6) is 0 Å². The maximum Gasteiger partial charge on any atom is 0.257 e. The first-order valence-electron chi connectivity index (χ1n) is 7.55. The third kappa shape index (κ3) is 4.29. The molecule has 1 heterocycles. The van der Waals surface area contributed by atoms with E-state index < -0.39 is 0 Å². The molecule has 0 saturated heterocycles. The standard InChI is InChI=1S/C19H16N2O2S2/c1-24-15-8-6-14(7-9-15)20-19(23)16-4-2-3-5-17(16)21-18(22)13-10-11-25-12-13/h2-12H,1H3,(H,20,23)(H,21,22). The predicted octanol–water partition coefficient (Wildman–Crippen LogP) is 4.97. The molecular weight excluding hydrogens is 352 g/mol. The molecule has 2 amide bonds. The molecule has 0 saturated carbocycles. The molecule has 0 fully saturated rings. The highest BCUT2D eigenvalue weighted by Gasteiger charge is 2.14. The van der Waals surface area contributed by atoms with E-state index in [-0.39, 0.29) is 11.8 Å². The van der Waals surface area contributed by atoms with Crippen LogP contribution in [0.15, 0.2) is 70.3 Å². The van der Waals surface area contributed by atoms with E-state index in [0.717, 1.165) is 4.90 Å². The first kappa shape index (κ1) is 17.3. The number of amides is 2. The molecule has 3 aromatic rings. The number of carbonyl (C=O) groups is 2. The summed E-state index contributed by atoms with van der Waals surface area (Å²) in [5.41, 5.74) is 2.19. The Balaban J connectivity index is 1.77. The van der Waals surface area contributed by atoms with Gasteiger partial charge < -0.3 is 10.6 Å². The number of anilines is 2. The van der Waals surface area contributed by atoms with Crippen molar-refractivity contribution in [1.29, 1.82) is 0 Å². The number of carbonyl (C=O) groups excluding carboxylic acids is 2. The van der Waals surface area contributed by atoms with E-state index >= 15 is 0 Å². The molecule has 0 aliphatic carbocycles. The van der Waals surface area contributed by atoms with E-state index in [1.54, 1.807) is 47.5 Å². The van der Waals surface area contributed by atoms with Crippen molar-refractivity contribution in [3.05, 3.63) is 76.5 Å². The molecule has 0 radical (unpaired) electrons. The van der Waals surface area contributed by atoms with E-state index in [4.69, 9.17) is 0 Å². The zero-order valence-electron chi connectivity index (χ0n) is 13.5. The molecule has 0 bridgehead atoms. The number of nitrogens with one attached hydrogen (secondary N) is 2. The van der Waals surface area contributed by atoms with Crippen molar-refractivity contribution >= 4 is 46.3 Å². The van der Waals surface area contributed by atoms with Gasteiger partial charge in [0, 0.05) is 16.0 Å². The Labute approximate surface area is 154 Å². The summed E-state index contributed by atoms with van der Waals surface area (Å²) in [6, 6.07) is 16.3. The van der Waals surface area contributed by atoms with Crippen molar-refractivity contribution in [3.8, 4) is 0 Å². The second-order valence-corrected chi connectivity index (χ2v) is 6.85. The third-order valence-corrected chi connectivity index (χ3v) is 4.98. The summed E-state index contributed by atoms with van der Waals surface area (Å²) in [7, 11) is 0. The van der Waals surface area contributed by atoms with Gasteiger partial charge in [-0.3, -0.25) is 9.59 Å². The maximum atomic E-state index is 12.6. The van der Waals surface area contributed by atoms with Crippen LogP contribution in [-0.4, -0.2) is 18.1 Å². The largest absolute Gasteiger partial charge is 0.322 e. The van der Waals surface area contributed by atoms with Crippen LogP contribution >= 0.6 is 23.1 Å². The molecule has 0 atom stereocenters. The lowest BCUT2D eigenvalue weighted by atomic mass is 10.1. The third-order valence-electron chi connectivity index (χ3n) is 3.55. The maximum absolute atomic E-state index is 12.6. The minimum Gasteiger partial charge on any atom is -0.322 e. The number of rotatable bonds is 5. The van der Waals surface area contributed by atoms with Gasteiger partial charge >= 0.3 is 0 Å². The molecule has 3 rings (SSSR count). The molecule has 2 aromatic carbocycles. The van der Waals surface area contributed by atoms with Crippen molar-refractivity contribution in [3.63, 3.8) is 0 Å². The van der Waals surface area contributed by atoms with Crippen molar-refractivity contribution in [2.45, 2.75) is 4.90 Å². The summed E-state index contributed by atoms with van der Waals surface area (Å²) in [5.74, 6) is -0.496. The van der Waals surface area contributed by atoms with Crippen LogP contribution in [0.2, 0.25) is 0 Å².